The zero-order valence-corrected chi connectivity index (χ0v) is 16.3. The quantitative estimate of drug-likeness (QED) is 0.719. The van der Waals surface area contributed by atoms with Gasteiger partial charge in [0.15, 0.2) is 0 Å². The molecule has 0 fully saturated rings. The maximum absolute atomic E-state index is 12.9. The molecule has 1 atom stereocenters. The maximum Gasteiger partial charge on any atom is 0.256 e. The molecule has 0 radical (unpaired) electrons. The topological polar surface area (TPSA) is 46.9 Å². The molecule has 1 aliphatic carbocycles. The third kappa shape index (κ3) is 3.50. The molecule has 1 amide bonds. The van der Waals surface area contributed by atoms with Crippen LogP contribution in [0.3, 0.4) is 0 Å². The van der Waals surface area contributed by atoms with Crippen molar-refractivity contribution in [3.8, 4) is 0 Å². The lowest BCUT2D eigenvalue weighted by molar-refractivity contribution is 0.0936. The van der Waals surface area contributed by atoms with E-state index in [9.17, 15) is 4.79 Å². The van der Waals surface area contributed by atoms with Crippen molar-refractivity contribution in [2.45, 2.75) is 39.3 Å². The maximum atomic E-state index is 12.9. The van der Waals surface area contributed by atoms with Crippen LogP contribution in [0.4, 0.5) is 0 Å². The number of hydrogen-bond donors (Lipinski definition) is 1. The molecule has 3 aromatic rings. The van der Waals surface area contributed by atoms with Gasteiger partial charge in [-0.05, 0) is 43.4 Å². The first-order chi connectivity index (χ1) is 13.0. The smallest absolute Gasteiger partial charge is 0.256 e. The molecule has 1 heterocycles. The Morgan fingerprint density at radius 1 is 1.19 bits per heavy atom. The van der Waals surface area contributed by atoms with Crippen LogP contribution in [0.25, 0.3) is 0 Å². The molecule has 4 rings (SSSR count). The molecule has 2 aromatic carbocycles. The van der Waals surface area contributed by atoms with Gasteiger partial charge in [-0.2, -0.15) is 5.10 Å². The van der Waals surface area contributed by atoms with Crippen LogP contribution in [0.1, 0.15) is 50.8 Å². The van der Waals surface area contributed by atoms with E-state index >= 15 is 0 Å². The highest BCUT2D eigenvalue weighted by atomic mass is 35.5. The predicted molar refractivity (Wildman–Crippen MR) is 107 cm³/mol. The molecule has 0 saturated heterocycles. The third-order valence-corrected chi connectivity index (χ3v) is 5.57. The predicted octanol–water partition coefficient (Wildman–Crippen LogP) is 4.62. The lowest BCUT2D eigenvalue weighted by Gasteiger charge is -2.14. The van der Waals surface area contributed by atoms with Gasteiger partial charge in [-0.1, -0.05) is 65.7 Å². The van der Waals surface area contributed by atoms with Gasteiger partial charge in [-0.3, -0.25) is 4.79 Å². The largest absolute Gasteiger partial charge is 0.345 e. The normalized spacial score (nSPS) is 15.6. The molecule has 138 valence electrons. The lowest BCUT2D eigenvalue weighted by Crippen LogP contribution is -2.27. The van der Waals surface area contributed by atoms with Crippen LogP contribution in [0.15, 0.2) is 48.5 Å². The average molecular weight is 380 g/mol. The van der Waals surface area contributed by atoms with Crippen LogP contribution < -0.4 is 5.32 Å². The number of aromatic nitrogens is 2. The number of nitrogens with zero attached hydrogens (tertiary/aromatic N) is 2. The van der Waals surface area contributed by atoms with E-state index < -0.39 is 0 Å². The number of aryl methyl sites for hydroxylation is 3. The summed E-state index contributed by atoms with van der Waals surface area (Å²) in [5.74, 6) is -0.158. The van der Waals surface area contributed by atoms with Crippen molar-refractivity contribution in [3.05, 3.63) is 87.2 Å². The molecular formula is C22H22ClN3O. The highest BCUT2D eigenvalue weighted by molar-refractivity contribution is 6.33. The number of carbonyl (C=O) groups is 1. The van der Waals surface area contributed by atoms with Crippen molar-refractivity contribution in [3.63, 3.8) is 0 Å². The van der Waals surface area contributed by atoms with Crippen LogP contribution in [0.5, 0.6) is 0 Å². The van der Waals surface area contributed by atoms with Gasteiger partial charge in [-0.25, -0.2) is 4.68 Å². The van der Waals surface area contributed by atoms with Gasteiger partial charge >= 0.3 is 0 Å². The zero-order chi connectivity index (χ0) is 19.0. The minimum atomic E-state index is -0.158. The molecular weight excluding hydrogens is 358 g/mol. The summed E-state index contributed by atoms with van der Waals surface area (Å²) in [6.45, 7) is 4.42. The number of benzene rings is 2. The Bertz CT molecular complexity index is 991. The number of fused-ring (bicyclic) bond motifs is 1. The Kier molecular flexibility index (Phi) is 4.75. The van der Waals surface area contributed by atoms with E-state index in [2.05, 4.69) is 53.7 Å². The van der Waals surface area contributed by atoms with Crippen LogP contribution in [-0.4, -0.2) is 15.7 Å². The van der Waals surface area contributed by atoms with Crippen molar-refractivity contribution in [2.75, 3.05) is 0 Å². The molecule has 27 heavy (non-hydrogen) atoms. The number of hydrogen-bond acceptors (Lipinski definition) is 2. The molecule has 0 saturated carbocycles. The van der Waals surface area contributed by atoms with E-state index in [-0.39, 0.29) is 11.9 Å². The van der Waals surface area contributed by atoms with E-state index in [0.717, 1.165) is 18.4 Å². The van der Waals surface area contributed by atoms with Crippen molar-refractivity contribution in [1.82, 2.24) is 15.1 Å². The Morgan fingerprint density at radius 3 is 2.70 bits per heavy atom. The van der Waals surface area contributed by atoms with Gasteiger partial charge < -0.3 is 5.32 Å². The number of carbonyl (C=O) groups excluding carboxylic acids is 1. The van der Waals surface area contributed by atoms with Gasteiger partial charge in [0.25, 0.3) is 5.91 Å². The fraction of sp³-hybridized carbons (Fsp3) is 0.273. The summed E-state index contributed by atoms with van der Waals surface area (Å²) in [4.78, 5) is 12.9. The molecule has 1 aromatic heterocycles. The Labute approximate surface area is 164 Å². The number of amides is 1. The van der Waals surface area contributed by atoms with Crippen LogP contribution in [0, 0.1) is 13.8 Å². The van der Waals surface area contributed by atoms with Crippen molar-refractivity contribution < 1.29 is 4.79 Å². The Balaban J connectivity index is 1.54. The summed E-state index contributed by atoms with van der Waals surface area (Å²) in [5.41, 5.74) is 5.93. The van der Waals surface area contributed by atoms with Crippen LogP contribution >= 0.6 is 11.6 Å². The summed E-state index contributed by atoms with van der Waals surface area (Å²) in [5, 5.41) is 8.02. The highest BCUT2D eigenvalue weighted by Gasteiger charge is 2.27. The van der Waals surface area contributed by atoms with Gasteiger partial charge in [0.1, 0.15) is 5.15 Å². The second-order valence-corrected chi connectivity index (χ2v) is 7.52. The highest BCUT2D eigenvalue weighted by Crippen LogP contribution is 2.31. The summed E-state index contributed by atoms with van der Waals surface area (Å²) >= 11 is 6.53. The van der Waals surface area contributed by atoms with Gasteiger partial charge in [-0.15, -0.1) is 0 Å². The minimum Gasteiger partial charge on any atom is -0.345 e. The number of nitrogens with one attached hydrogen (secondary N) is 1. The second-order valence-electron chi connectivity index (χ2n) is 7.16. The number of rotatable bonds is 4. The van der Waals surface area contributed by atoms with E-state index in [1.165, 1.54) is 16.7 Å². The monoisotopic (exact) mass is 379 g/mol. The summed E-state index contributed by atoms with van der Waals surface area (Å²) in [6, 6.07) is 16.5. The molecule has 0 bridgehead atoms. The average Bonchev–Trinajstić information content (AvgIpc) is 3.18. The van der Waals surface area contributed by atoms with E-state index in [0.29, 0.717) is 23.0 Å². The van der Waals surface area contributed by atoms with Gasteiger partial charge in [0.2, 0.25) is 0 Å². The zero-order valence-electron chi connectivity index (χ0n) is 15.5. The van der Waals surface area contributed by atoms with E-state index in [1.807, 2.05) is 19.1 Å². The molecule has 0 aliphatic heterocycles. The van der Waals surface area contributed by atoms with Crippen molar-refractivity contribution in [2.24, 2.45) is 0 Å². The van der Waals surface area contributed by atoms with Gasteiger partial charge in [0, 0.05) is 0 Å². The molecule has 1 N–H and O–H groups in total. The Morgan fingerprint density at radius 2 is 1.93 bits per heavy atom. The van der Waals surface area contributed by atoms with E-state index in [1.54, 1.807) is 4.68 Å². The van der Waals surface area contributed by atoms with Crippen molar-refractivity contribution >= 4 is 17.5 Å². The molecule has 1 aliphatic rings. The fourth-order valence-electron chi connectivity index (χ4n) is 3.72. The second kappa shape index (κ2) is 7.20. The first kappa shape index (κ1) is 17.8. The van der Waals surface area contributed by atoms with Crippen LogP contribution in [0.2, 0.25) is 5.15 Å². The number of halogens is 1. The molecule has 4 nitrogen and oxygen atoms in total. The van der Waals surface area contributed by atoms with Crippen molar-refractivity contribution in [1.29, 1.82) is 0 Å². The first-order valence-corrected chi connectivity index (χ1v) is 9.58. The molecule has 0 spiro atoms. The SMILES string of the molecule is Cc1ccc(Cn2nc(C)c(C(=O)NC3CCc4ccccc43)c2Cl)cc1. The molecule has 5 heteroatoms. The van der Waals surface area contributed by atoms with E-state index in [4.69, 9.17) is 11.6 Å². The standard InChI is InChI=1S/C22H22ClN3O/c1-14-7-9-16(10-8-14)13-26-21(23)20(15(2)25-26)22(27)24-19-12-11-17-5-3-4-6-18(17)19/h3-10,19H,11-13H2,1-2H3,(H,24,27). The summed E-state index contributed by atoms with van der Waals surface area (Å²) < 4.78 is 1.69. The summed E-state index contributed by atoms with van der Waals surface area (Å²) in [6.07, 6.45) is 1.90. The summed E-state index contributed by atoms with van der Waals surface area (Å²) in [7, 11) is 0. The fourth-order valence-corrected chi connectivity index (χ4v) is 4.04. The third-order valence-electron chi connectivity index (χ3n) is 5.18. The minimum absolute atomic E-state index is 0.0321. The lowest BCUT2D eigenvalue weighted by atomic mass is 10.1. The van der Waals surface area contributed by atoms with Crippen LogP contribution in [-0.2, 0) is 13.0 Å². The Hall–Kier alpha value is -2.59. The molecule has 1 unspecified atom stereocenters. The first-order valence-electron chi connectivity index (χ1n) is 9.20. The van der Waals surface area contributed by atoms with Gasteiger partial charge in [0.05, 0.1) is 23.8 Å².